The van der Waals surface area contributed by atoms with Gasteiger partial charge in [0.1, 0.15) is 6.61 Å². The van der Waals surface area contributed by atoms with E-state index in [4.69, 9.17) is 4.74 Å². The van der Waals surface area contributed by atoms with Gasteiger partial charge in [-0.25, -0.2) is 0 Å². The van der Waals surface area contributed by atoms with Gasteiger partial charge >= 0.3 is 5.97 Å². The lowest BCUT2D eigenvalue weighted by Crippen LogP contribution is -2.04. The Morgan fingerprint density at radius 2 is 0.811 bits per heavy atom. The quantitative estimate of drug-likeness (QED) is 0.0820. The van der Waals surface area contributed by atoms with Crippen molar-refractivity contribution in [2.75, 3.05) is 0 Å². The van der Waals surface area contributed by atoms with E-state index in [0.717, 1.165) is 18.4 Å². The molecular weight excluding hydrogens is 452 g/mol. The number of carbonyl (C=O) groups is 1. The number of ether oxygens (including phenoxy) is 1. The van der Waals surface area contributed by atoms with E-state index in [0.29, 0.717) is 13.0 Å². The van der Waals surface area contributed by atoms with Crippen LogP contribution in [0.5, 0.6) is 0 Å². The fourth-order valence-electron chi connectivity index (χ4n) is 5.22. The van der Waals surface area contributed by atoms with Gasteiger partial charge in [0.15, 0.2) is 0 Å². The van der Waals surface area contributed by atoms with Crippen LogP contribution in [0.4, 0.5) is 0 Å². The van der Waals surface area contributed by atoms with Crippen LogP contribution >= 0.6 is 0 Å². The molecule has 0 fully saturated rings. The summed E-state index contributed by atoms with van der Waals surface area (Å²) in [5.74, 6) is -0.0575. The Labute approximate surface area is 231 Å². The number of benzene rings is 1. The predicted octanol–water partition coefficient (Wildman–Crippen LogP) is 11.9. The molecule has 2 heteroatoms. The average molecular weight is 515 g/mol. The maximum absolute atomic E-state index is 11.8. The van der Waals surface area contributed by atoms with Crippen molar-refractivity contribution >= 4 is 5.97 Å². The third kappa shape index (κ3) is 24.8. The Balaban J connectivity index is 1.67. The van der Waals surface area contributed by atoms with Crippen LogP contribution < -0.4 is 0 Å². The molecule has 0 saturated carbocycles. The maximum atomic E-state index is 11.8. The zero-order chi connectivity index (χ0) is 26.5. The van der Waals surface area contributed by atoms with Crippen molar-refractivity contribution in [1.82, 2.24) is 0 Å². The van der Waals surface area contributed by atoms with Gasteiger partial charge in [0, 0.05) is 6.42 Å². The lowest BCUT2D eigenvalue weighted by atomic mass is 10.0. The van der Waals surface area contributed by atoms with E-state index in [1.54, 1.807) is 0 Å². The van der Waals surface area contributed by atoms with Gasteiger partial charge < -0.3 is 4.74 Å². The van der Waals surface area contributed by atoms with Crippen LogP contribution in [0.1, 0.15) is 179 Å². The Morgan fingerprint density at radius 3 is 1.16 bits per heavy atom. The Hall–Kier alpha value is -1.31. The summed E-state index contributed by atoms with van der Waals surface area (Å²) in [5.41, 5.74) is 1.06. The normalized spacial score (nSPS) is 11.2. The number of carbonyl (C=O) groups excluding carboxylic acids is 1. The van der Waals surface area contributed by atoms with Crippen LogP contribution in [0.25, 0.3) is 0 Å². The average Bonchev–Trinajstić information content (AvgIpc) is 2.92. The molecule has 1 rings (SSSR count). The van der Waals surface area contributed by atoms with Crippen LogP contribution in [0.3, 0.4) is 0 Å². The zero-order valence-electron chi connectivity index (χ0n) is 24.8. The van der Waals surface area contributed by atoms with Crippen molar-refractivity contribution in [2.24, 2.45) is 0 Å². The fourth-order valence-corrected chi connectivity index (χ4v) is 5.22. The van der Waals surface area contributed by atoms with Crippen molar-refractivity contribution in [3.05, 3.63) is 35.9 Å². The second kappa shape index (κ2) is 27.7. The SMILES string of the molecule is CCCCCCCCCCCCCCCCCCCCCCCCCCCC(=O)OCc1ccccc1. The molecule has 2 nitrogen and oxygen atoms in total. The summed E-state index contributed by atoms with van der Waals surface area (Å²) in [6.07, 6.45) is 35.5. The molecule has 1 aromatic carbocycles. The third-order valence-electron chi connectivity index (χ3n) is 7.73. The molecule has 0 atom stereocenters. The first-order valence-electron chi connectivity index (χ1n) is 16.5. The third-order valence-corrected chi connectivity index (χ3v) is 7.73. The van der Waals surface area contributed by atoms with E-state index in [-0.39, 0.29) is 5.97 Å². The number of hydrogen-bond donors (Lipinski definition) is 0. The van der Waals surface area contributed by atoms with Crippen molar-refractivity contribution in [3.63, 3.8) is 0 Å². The van der Waals surface area contributed by atoms with E-state index < -0.39 is 0 Å². The Kier molecular flexibility index (Phi) is 25.3. The summed E-state index contributed by atoms with van der Waals surface area (Å²) in [6, 6.07) is 9.92. The molecule has 0 heterocycles. The minimum atomic E-state index is -0.0575. The van der Waals surface area contributed by atoms with Gasteiger partial charge in [0.05, 0.1) is 0 Å². The van der Waals surface area contributed by atoms with Gasteiger partial charge in [-0.05, 0) is 12.0 Å². The molecule has 0 spiro atoms. The summed E-state index contributed by atoms with van der Waals surface area (Å²) in [4.78, 5) is 11.8. The van der Waals surface area contributed by atoms with Gasteiger partial charge in [-0.15, -0.1) is 0 Å². The highest BCUT2D eigenvalue weighted by molar-refractivity contribution is 5.69. The highest BCUT2D eigenvalue weighted by Gasteiger charge is 2.03. The van der Waals surface area contributed by atoms with Crippen molar-refractivity contribution in [2.45, 2.75) is 180 Å². The topological polar surface area (TPSA) is 26.3 Å². The smallest absolute Gasteiger partial charge is 0.306 e. The first kappa shape index (κ1) is 33.7. The van der Waals surface area contributed by atoms with Crippen LogP contribution in [0.2, 0.25) is 0 Å². The molecule has 1 aromatic rings. The van der Waals surface area contributed by atoms with Gasteiger partial charge in [-0.1, -0.05) is 191 Å². The van der Waals surface area contributed by atoms with E-state index in [1.807, 2.05) is 30.3 Å². The van der Waals surface area contributed by atoms with Gasteiger partial charge in [0.25, 0.3) is 0 Å². The molecule has 0 saturated heterocycles. The van der Waals surface area contributed by atoms with Crippen LogP contribution in [0, 0.1) is 0 Å². The molecule has 0 N–H and O–H groups in total. The molecule has 37 heavy (non-hydrogen) atoms. The maximum Gasteiger partial charge on any atom is 0.306 e. The Bertz CT molecular complexity index is 582. The standard InChI is InChI=1S/C35H62O2/c1-2-3-4-5-6-7-8-9-10-11-12-13-14-15-16-17-18-19-20-21-22-23-24-25-29-32-35(36)37-33-34-30-27-26-28-31-34/h26-28,30-31H,2-25,29,32-33H2,1H3. The predicted molar refractivity (Wildman–Crippen MR) is 162 cm³/mol. The van der Waals surface area contributed by atoms with Crippen LogP contribution in [0.15, 0.2) is 30.3 Å². The van der Waals surface area contributed by atoms with Crippen LogP contribution in [-0.4, -0.2) is 5.97 Å². The summed E-state index contributed by atoms with van der Waals surface area (Å²) in [7, 11) is 0. The Morgan fingerprint density at radius 1 is 0.486 bits per heavy atom. The largest absolute Gasteiger partial charge is 0.461 e. The van der Waals surface area contributed by atoms with Gasteiger partial charge in [-0.2, -0.15) is 0 Å². The fraction of sp³-hybridized carbons (Fsp3) is 0.800. The van der Waals surface area contributed by atoms with E-state index in [9.17, 15) is 4.79 Å². The number of hydrogen-bond acceptors (Lipinski definition) is 2. The second-order valence-electron chi connectivity index (χ2n) is 11.4. The molecule has 0 aliphatic heterocycles. The monoisotopic (exact) mass is 514 g/mol. The molecule has 214 valence electrons. The first-order chi connectivity index (χ1) is 18.3. The summed E-state index contributed by atoms with van der Waals surface area (Å²) < 4.78 is 5.34. The van der Waals surface area contributed by atoms with Crippen molar-refractivity contribution in [1.29, 1.82) is 0 Å². The molecular formula is C35H62O2. The highest BCUT2D eigenvalue weighted by Crippen LogP contribution is 2.16. The van der Waals surface area contributed by atoms with Crippen LogP contribution in [-0.2, 0) is 16.1 Å². The molecule has 0 bridgehead atoms. The van der Waals surface area contributed by atoms with Gasteiger partial charge in [-0.3, -0.25) is 4.79 Å². The molecule has 0 unspecified atom stereocenters. The summed E-state index contributed by atoms with van der Waals surface area (Å²) >= 11 is 0. The van der Waals surface area contributed by atoms with E-state index >= 15 is 0 Å². The molecule has 0 aliphatic rings. The van der Waals surface area contributed by atoms with Crippen molar-refractivity contribution in [3.8, 4) is 0 Å². The molecule has 0 amide bonds. The number of rotatable bonds is 28. The minimum Gasteiger partial charge on any atom is -0.461 e. The highest BCUT2D eigenvalue weighted by atomic mass is 16.5. The molecule has 0 radical (unpaired) electrons. The summed E-state index contributed by atoms with van der Waals surface area (Å²) in [5, 5.41) is 0. The second-order valence-corrected chi connectivity index (χ2v) is 11.4. The van der Waals surface area contributed by atoms with Gasteiger partial charge in [0.2, 0.25) is 0 Å². The summed E-state index contributed by atoms with van der Waals surface area (Å²) in [6.45, 7) is 2.70. The molecule has 0 aromatic heterocycles. The minimum absolute atomic E-state index is 0.0575. The number of unbranched alkanes of at least 4 members (excludes halogenated alkanes) is 24. The molecule has 0 aliphatic carbocycles. The van der Waals surface area contributed by atoms with Crippen molar-refractivity contribution < 1.29 is 9.53 Å². The first-order valence-corrected chi connectivity index (χ1v) is 16.5. The number of esters is 1. The van der Waals surface area contributed by atoms with E-state index in [2.05, 4.69) is 6.92 Å². The lowest BCUT2D eigenvalue weighted by molar-refractivity contribution is -0.145. The lowest BCUT2D eigenvalue weighted by Gasteiger charge is -2.05. The zero-order valence-corrected chi connectivity index (χ0v) is 24.8. The van der Waals surface area contributed by atoms with E-state index in [1.165, 1.54) is 148 Å².